The summed E-state index contributed by atoms with van der Waals surface area (Å²) in [5.74, 6) is 1.41. The molecule has 0 bridgehead atoms. The van der Waals surface area contributed by atoms with E-state index in [1.54, 1.807) is 11.8 Å². The summed E-state index contributed by atoms with van der Waals surface area (Å²) >= 11 is 1.79. The first-order valence-corrected chi connectivity index (χ1v) is 6.01. The van der Waals surface area contributed by atoms with Crippen LogP contribution in [-0.2, 0) is 9.53 Å². The Morgan fingerprint density at radius 3 is 2.85 bits per heavy atom. The molecule has 0 amide bonds. The number of ketones is 1. The second kappa shape index (κ2) is 5.66. The van der Waals surface area contributed by atoms with Gasteiger partial charge in [0.15, 0.2) is 5.78 Å². The second-order valence-corrected chi connectivity index (χ2v) is 4.99. The van der Waals surface area contributed by atoms with Crippen LogP contribution < -0.4 is 0 Å². The van der Waals surface area contributed by atoms with Gasteiger partial charge in [0.1, 0.15) is 6.61 Å². The van der Waals surface area contributed by atoms with Crippen molar-refractivity contribution in [2.75, 3.05) is 12.4 Å². The Balaban J connectivity index is 2.21. The highest BCUT2D eigenvalue weighted by atomic mass is 32.2. The number of thioether (sulfide) groups is 1. The maximum atomic E-state index is 11.6. The third-order valence-corrected chi connectivity index (χ3v) is 3.52. The van der Waals surface area contributed by atoms with Gasteiger partial charge in [-0.05, 0) is 32.4 Å². The lowest BCUT2D eigenvalue weighted by molar-refractivity contribution is -0.124. The van der Waals surface area contributed by atoms with E-state index in [2.05, 4.69) is 0 Å². The molecule has 0 aromatic rings. The van der Waals surface area contributed by atoms with Crippen molar-refractivity contribution < 1.29 is 9.53 Å². The zero-order valence-electron chi connectivity index (χ0n) is 8.41. The highest BCUT2D eigenvalue weighted by Crippen LogP contribution is 2.25. The molecule has 1 fully saturated rings. The van der Waals surface area contributed by atoms with Crippen molar-refractivity contribution in [3.63, 3.8) is 0 Å². The second-order valence-electron chi connectivity index (χ2n) is 3.68. The van der Waals surface area contributed by atoms with Crippen LogP contribution in [0.2, 0.25) is 0 Å². The number of carbonyl (C=O) groups is 1. The third-order valence-electron chi connectivity index (χ3n) is 2.10. The molecule has 1 heterocycles. The standard InChI is InChI=1S/C10H18O2S/c1-8(2)12-7-9(11)10-5-3-4-6-13-10/h8,10H,3-7H2,1-2H3. The molecule has 76 valence electrons. The number of carbonyl (C=O) groups excluding carboxylic acids is 1. The predicted octanol–water partition coefficient (Wildman–Crippen LogP) is 2.27. The van der Waals surface area contributed by atoms with Crippen LogP contribution in [0.25, 0.3) is 0 Å². The Bertz CT molecular complexity index is 162. The van der Waals surface area contributed by atoms with Crippen LogP contribution in [0.3, 0.4) is 0 Å². The van der Waals surface area contributed by atoms with E-state index < -0.39 is 0 Å². The highest BCUT2D eigenvalue weighted by molar-refractivity contribution is 8.00. The third kappa shape index (κ3) is 4.14. The molecule has 0 radical (unpaired) electrons. The zero-order chi connectivity index (χ0) is 9.68. The number of Topliss-reactive ketones (excluding diaryl/α,β-unsaturated/α-hetero) is 1. The molecule has 1 unspecified atom stereocenters. The van der Waals surface area contributed by atoms with Crippen molar-refractivity contribution in [2.24, 2.45) is 0 Å². The molecule has 0 spiro atoms. The largest absolute Gasteiger partial charge is 0.371 e. The Hall–Kier alpha value is -0.0200. The Labute approximate surface area is 84.4 Å². The summed E-state index contributed by atoms with van der Waals surface area (Å²) in [5, 5.41) is 0.215. The summed E-state index contributed by atoms with van der Waals surface area (Å²) in [4.78, 5) is 11.6. The lowest BCUT2D eigenvalue weighted by Crippen LogP contribution is -2.26. The molecule has 1 rings (SSSR count). The molecule has 13 heavy (non-hydrogen) atoms. The predicted molar refractivity (Wildman–Crippen MR) is 56.2 cm³/mol. The van der Waals surface area contributed by atoms with Crippen LogP contribution >= 0.6 is 11.8 Å². The molecule has 2 nitrogen and oxygen atoms in total. The van der Waals surface area contributed by atoms with E-state index in [-0.39, 0.29) is 17.1 Å². The first-order valence-electron chi connectivity index (χ1n) is 4.96. The van der Waals surface area contributed by atoms with Crippen molar-refractivity contribution in [2.45, 2.75) is 44.5 Å². The van der Waals surface area contributed by atoms with Gasteiger partial charge in [-0.2, -0.15) is 11.8 Å². The van der Waals surface area contributed by atoms with Gasteiger partial charge in [0.05, 0.1) is 11.4 Å². The lowest BCUT2D eigenvalue weighted by Gasteiger charge is -2.20. The number of rotatable bonds is 4. The fourth-order valence-corrected chi connectivity index (χ4v) is 2.58. The van der Waals surface area contributed by atoms with E-state index in [1.807, 2.05) is 13.8 Å². The van der Waals surface area contributed by atoms with Gasteiger partial charge in [-0.3, -0.25) is 4.79 Å². The first kappa shape index (κ1) is 11.1. The van der Waals surface area contributed by atoms with Gasteiger partial charge in [0.25, 0.3) is 0 Å². The molecule has 1 aliphatic rings. The van der Waals surface area contributed by atoms with Crippen molar-refractivity contribution in [3.05, 3.63) is 0 Å². The molecule has 1 saturated heterocycles. The van der Waals surface area contributed by atoms with Gasteiger partial charge in [-0.1, -0.05) is 6.42 Å². The van der Waals surface area contributed by atoms with Crippen LogP contribution in [0.4, 0.5) is 0 Å². The first-order chi connectivity index (χ1) is 6.20. The fraction of sp³-hybridized carbons (Fsp3) is 0.900. The lowest BCUT2D eigenvalue weighted by atomic mass is 10.1. The van der Waals surface area contributed by atoms with E-state index in [0.717, 1.165) is 12.2 Å². The van der Waals surface area contributed by atoms with E-state index in [9.17, 15) is 4.79 Å². The normalized spacial score (nSPS) is 23.5. The molecular formula is C10H18O2S. The summed E-state index contributed by atoms with van der Waals surface area (Å²) in [6.07, 6.45) is 3.67. The van der Waals surface area contributed by atoms with E-state index >= 15 is 0 Å². The summed E-state index contributed by atoms with van der Waals surface area (Å²) in [7, 11) is 0. The van der Waals surface area contributed by atoms with E-state index in [1.165, 1.54) is 12.8 Å². The number of ether oxygens (including phenoxy) is 1. The van der Waals surface area contributed by atoms with Crippen LogP contribution in [-0.4, -0.2) is 29.5 Å². The fourth-order valence-electron chi connectivity index (χ4n) is 1.34. The van der Waals surface area contributed by atoms with Gasteiger partial charge in [-0.15, -0.1) is 0 Å². The highest BCUT2D eigenvalue weighted by Gasteiger charge is 2.21. The zero-order valence-corrected chi connectivity index (χ0v) is 9.23. The Morgan fingerprint density at radius 1 is 1.54 bits per heavy atom. The summed E-state index contributed by atoms with van der Waals surface area (Å²) < 4.78 is 5.29. The van der Waals surface area contributed by atoms with Gasteiger partial charge in [0.2, 0.25) is 0 Å². The topological polar surface area (TPSA) is 26.3 Å². The molecular weight excluding hydrogens is 184 g/mol. The number of hydrogen-bond donors (Lipinski definition) is 0. The van der Waals surface area contributed by atoms with Gasteiger partial charge >= 0.3 is 0 Å². The maximum absolute atomic E-state index is 11.6. The molecule has 0 N–H and O–H groups in total. The van der Waals surface area contributed by atoms with E-state index in [4.69, 9.17) is 4.74 Å². The van der Waals surface area contributed by atoms with Crippen LogP contribution in [0, 0.1) is 0 Å². The quantitative estimate of drug-likeness (QED) is 0.699. The molecule has 1 aliphatic heterocycles. The Morgan fingerprint density at radius 2 is 2.31 bits per heavy atom. The minimum absolute atomic E-state index is 0.164. The minimum atomic E-state index is 0.164. The van der Waals surface area contributed by atoms with Gasteiger partial charge < -0.3 is 4.74 Å². The van der Waals surface area contributed by atoms with Crippen molar-refractivity contribution >= 4 is 17.5 Å². The monoisotopic (exact) mass is 202 g/mol. The van der Waals surface area contributed by atoms with Crippen LogP contribution in [0.15, 0.2) is 0 Å². The molecule has 0 saturated carbocycles. The minimum Gasteiger partial charge on any atom is -0.371 e. The van der Waals surface area contributed by atoms with Crippen molar-refractivity contribution in [3.8, 4) is 0 Å². The van der Waals surface area contributed by atoms with Crippen LogP contribution in [0.5, 0.6) is 0 Å². The molecule has 0 aliphatic carbocycles. The summed E-state index contributed by atoms with van der Waals surface area (Å²) in [6.45, 7) is 4.22. The van der Waals surface area contributed by atoms with Crippen molar-refractivity contribution in [1.82, 2.24) is 0 Å². The summed E-state index contributed by atoms with van der Waals surface area (Å²) in [5.41, 5.74) is 0. The SMILES string of the molecule is CC(C)OCC(=O)C1CCCCS1. The van der Waals surface area contributed by atoms with E-state index in [0.29, 0.717) is 6.61 Å². The average Bonchev–Trinajstić information content (AvgIpc) is 2.15. The smallest absolute Gasteiger partial charge is 0.171 e. The van der Waals surface area contributed by atoms with Gasteiger partial charge in [0, 0.05) is 0 Å². The molecule has 1 atom stereocenters. The molecule has 0 aromatic carbocycles. The number of hydrogen-bond acceptors (Lipinski definition) is 3. The van der Waals surface area contributed by atoms with Gasteiger partial charge in [-0.25, -0.2) is 0 Å². The summed E-state index contributed by atoms with van der Waals surface area (Å²) in [6, 6.07) is 0. The maximum Gasteiger partial charge on any atom is 0.171 e. The Kier molecular flexibility index (Phi) is 4.81. The molecule has 3 heteroatoms. The molecule has 0 aromatic heterocycles. The van der Waals surface area contributed by atoms with Crippen molar-refractivity contribution in [1.29, 1.82) is 0 Å². The van der Waals surface area contributed by atoms with Crippen LogP contribution in [0.1, 0.15) is 33.1 Å². The average molecular weight is 202 g/mol.